The lowest BCUT2D eigenvalue weighted by Crippen LogP contribution is -2.73. The van der Waals surface area contributed by atoms with Crippen molar-refractivity contribution in [3.8, 4) is 5.75 Å². The van der Waals surface area contributed by atoms with Gasteiger partial charge >= 0.3 is 0 Å². The molecule has 0 bridgehead atoms. The summed E-state index contributed by atoms with van der Waals surface area (Å²) in [4.78, 5) is 41.5. The molecule has 0 saturated carbocycles. The number of hydrogen-bond donors (Lipinski definition) is 6. The first-order valence-corrected chi connectivity index (χ1v) is 14.3. The SMILES string of the molecule is CCc1ccc(C(=O)NC[C@@H]2N=C(N)N3CC(NC(=O)c4cccc5c4OCCC5(C)C)[C@@H](O)[C@@]34NC(N)=N[C@@H]24)nc1. The van der Waals surface area contributed by atoms with Crippen LogP contribution in [0.5, 0.6) is 5.75 Å². The summed E-state index contributed by atoms with van der Waals surface area (Å²) in [5.41, 5.74) is 13.9. The minimum atomic E-state index is -1.25. The van der Waals surface area contributed by atoms with Crippen LogP contribution in [0.15, 0.2) is 46.5 Å². The van der Waals surface area contributed by atoms with Gasteiger partial charge in [0.15, 0.2) is 17.6 Å². The Bertz CT molecular complexity index is 1470. The molecule has 5 atom stereocenters. The summed E-state index contributed by atoms with van der Waals surface area (Å²) < 4.78 is 5.94. The summed E-state index contributed by atoms with van der Waals surface area (Å²) >= 11 is 0. The highest BCUT2D eigenvalue weighted by molar-refractivity contribution is 5.98. The normalized spacial score (nSPS) is 28.7. The van der Waals surface area contributed by atoms with Gasteiger partial charge in [0.05, 0.1) is 24.3 Å². The molecule has 1 unspecified atom stereocenters. The molecule has 2 amide bonds. The summed E-state index contributed by atoms with van der Waals surface area (Å²) in [6.45, 7) is 7.04. The number of aromatic nitrogens is 1. The summed E-state index contributed by atoms with van der Waals surface area (Å²) in [6, 6.07) is 7.03. The molecule has 42 heavy (non-hydrogen) atoms. The molecule has 13 nitrogen and oxygen atoms in total. The van der Waals surface area contributed by atoms with Gasteiger partial charge in [-0.05, 0) is 36.0 Å². The zero-order valence-corrected chi connectivity index (χ0v) is 23.9. The Morgan fingerprint density at radius 2 is 2.00 bits per heavy atom. The Morgan fingerprint density at radius 1 is 1.19 bits per heavy atom. The number of hydrogen-bond acceptors (Lipinski definition) is 11. The lowest BCUT2D eigenvalue weighted by atomic mass is 9.79. The van der Waals surface area contributed by atoms with Crippen LogP contribution < -0.4 is 32.2 Å². The van der Waals surface area contributed by atoms with Gasteiger partial charge in [-0.1, -0.05) is 39.0 Å². The van der Waals surface area contributed by atoms with Gasteiger partial charge in [-0.15, -0.1) is 0 Å². The minimum Gasteiger partial charge on any atom is -0.492 e. The highest BCUT2D eigenvalue weighted by Gasteiger charge is 2.65. The number of para-hydroxylation sites is 1. The standard InChI is InChI=1S/C29H37N9O4/c1-4-15-8-9-18(32-12-15)25(41)33-13-19-22-29(37-26(30)36-22)23(39)20(14-38(29)27(31)35-19)34-24(40)16-6-5-7-17-21(16)42-11-10-28(17,2)3/h5-9,12,19-20,22-23,39H,4,10-11,13-14H2,1-3H3,(H2,31,35)(H,33,41)(H,34,40)(H3,30,36,37)/t19-,20?,22-,23+,29-/m0/s1. The zero-order valence-electron chi connectivity index (χ0n) is 23.9. The molecule has 6 rings (SSSR count). The highest BCUT2D eigenvalue weighted by Crippen LogP contribution is 2.42. The number of guanidine groups is 2. The van der Waals surface area contributed by atoms with Crippen molar-refractivity contribution in [2.45, 2.75) is 68.9 Å². The second kappa shape index (κ2) is 10.2. The van der Waals surface area contributed by atoms with Crippen molar-refractivity contribution >= 4 is 23.7 Å². The number of nitrogens with zero attached hydrogens (tertiary/aromatic N) is 4. The van der Waals surface area contributed by atoms with E-state index in [1.54, 1.807) is 23.2 Å². The van der Waals surface area contributed by atoms with E-state index in [-0.39, 0.29) is 47.9 Å². The van der Waals surface area contributed by atoms with E-state index in [4.69, 9.17) is 16.2 Å². The predicted octanol–water partition coefficient (Wildman–Crippen LogP) is -0.411. The molecule has 2 aromatic rings. The van der Waals surface area contributed by atoms with E-state index >= 15 is 0 Å². The van der Waals surface area contributed by atoms with Gasteiger partial charge in [-0.3, -0.25) is 14.6 Å². The summed E-state index contributed by atoms with van der Waals surface area (Å²) in [7, 11) is 0. The van der Waals surface area contributed by atoms with Crippen LogP contribution in [0.1, 0.15) is 59.2 Å². The van der Waals surface area contributed by atoms with Gasteiger partial charge in [0, 0.05) is 24.8 Å². The Morgan fingerprint density at radius 3 is 2.74 bits per heavy atom. The Labute approximate surface area is 243 Å². The fraction of sp³-hybridized carbons (Fsp3) is 0.483. The quantitative estimate of drug-likeness (QED) is 0.266. The topological polar surface area (TPSA) is 193 Å². The van der Waals surface area contributed by atoms with Crippen LogP contribution in [0.2, 0.25) is 0 Å². The molecule has 1 fully saturated rings. The number of amides is 2. The van der Waals surface area contributed by atoms with E-state index in [9.17, 15) is 14.7 Å². The molecule has 0 radical (unpaired) electrons. The monoisotopic (exact) mass is 575 g/mol. The van der Waals surface area contributed by atoms with Gasteiger partial charge in [0.25, 0.3) is 11.8 Å². The van der Waals surface area contributed by atoms with Crippen LogP contribution in [0, 0.1) is 0 Å². The minimum absolute atomic E-state index is 0.0858. The van der Waals surface area contributed by atoms with Crippen LogP contribution in [0.25, 0.3) is 0 Å². The summed E-state index contributed by atoms with van der Waals surface area (Å²) in [5, 5.41) is 20.7. The Balaban J connectivity index is 1.21. The van der Waals surface area contributed by atoms with Crippen molar-refractivity contribution in [3.05, 3.63) is 58.9 Å². The molecular weight excluding hydrogens is 538 g/mol. The maximum absolute atomic E-state index is 13.6. The number of carbonyl (C=O) groups excluding carboxylic acids is 2. The van der Waals surface area contributed by atoms with Crippen LogP contribution in [-0.4, -0.2) is 88.3 Å². The number of aliphatic imine (C=N–C) groups is 2. The second-order valence-corrected chi connectivity index (χ2v) is 11.9. The third kappa shape index (κ3) is 4.39. The van der Waals surface area contributed by atoms with Crippen molar-refractivity contribution in [3.63, 3.8) is 0 Å². The first kappa shape index (κ1) is 27.8. The fourth-order valence-electron chi connectivity index (χ4n) is 6.45. The number of pyridine rings is 1. The smallest absolute Gasteiger partial charge is 0.269 e. The molecule has 5 heterocycles. The third-order valence-corrected chi connectivity index (χ3v) is 8.87. The van der Waals surface area contributed by atoms with E-state index in [1.807, 2.05) is 25.1 Å². The Hall–Kier alpha value is -4.39. The largest absolute Gasteiger partial charge is 0.492 e. The van der Waals surface area contributed by atoms with Gasteiger partial charge in [0.1, 0.15) is 23.6 Å². The lowest BCUT2D eigenvalue weighted by Gasteiger charge is -2.46. The van der Waals surface area contributed by atoms with E-state index in [1.165, 1.54) is 0 Å². The Kier molecular flexibility index (Phi) is 6.71. The van der Waals surface area contributed by atoms with E-state index < -0.39 is 29.9 Å². The number of nitrogens with one attached hydrogen (secondary N) is 3. The molecule has 1 aromatic carbocycles. The highest BCUT2D eigenvalue weighted by atomic mass is 16.5. The van der Waals surface area contributed by atoms with Crippen molar-refractivity contribution in [2.24, 2.45) is 21.5 Å². The van der Waals surface area contributed by atoms with Crippen LogP contribution >= 0.6 is 0 Å². The van der Waals surface area contributed by atoms with Gasteiger partial charge in [0.2, 0.25) is 0 Å². The molecule has 222 valence electrons. The molecule has 13 heteroatoms. The number of carbonyl (C=O) groups is 2. The lowest BCUT2D eigenvalue weighted by molar-refractivity contribution is 0.0143. The summed E-state index contributed by atoms with van der Waals surface area (Å²) in [5.74, 6) is 0.0941. The summed E-state index contributed by atoms with van der Waals surface area (Å²) in [6.07, 6.45) is 2.18. The third-order valence-electron chi connectivity index (χ3n) is 8.87. The van der Waals surface area contributed by atoms with Crippen LogP contribution in [0.4, 0.5) is 0 Å². The number of ether oxygens (including phenoxy) is 1. The van der Waals surface area contributed by atoms with Gasteiger partial charge in [-0.2, -0.15) is 0 Å². The average molecular weight is 576 g/mol. The molecule has 8 N–H and O–H groups in total. The van der Waals surface area contributed by atoms with Gasteiger partial charge in [-0.25, -0.2) is 9.98 Å². The van der Waals surface area contributed by atoms with Gasteiger partial charge < -0.3 is 42.2 Å². The van der Waals surface area contributed by atoms with Crippen molar-refractivity contribution in [1.29, 1.82) is 0 Å². The second-order valence-electron chi connectivity index (χ2n) is 11.9. The van der Waals surface area contributed by atoms with Crippen LogP contribution in [-0.2, 0) is 11.8 Å². The van der Waals surface area contributed by atoms with E-state index in [2.05, 4.69) is 44.8 Å². The van der Waals surface area contributed by atoms with E-state index in [0.717, 1.165) is 24.0 Å². The molecule has 0 aliphatic carbocycles. The number of aliphatic hydroxyl groups excluding tert-OH is 1. The van der Waals surface area contributed by atoms with Crippen molar-refractivity contribution in [1.82, 2.24) is 25.8 Å². The van der Waals surface area contributed by atoms with E-state index in [0.29, 0.717) is 17.9 Å². The number of aliphatic hydroxyl groups is 1. The molecule has 1 spiro atoms. The molecule has 4 aliphatic rings. The first-order valence-electron chi connectivity index (χ1n) is 14.3. The average Bonchev–Trinajstić information content (AvgIpc) is 3.47. The maximum atomic E-state index is 13.6. The van der Waals surface area contributed by atoms with Crippen molar-refractivity contribution < 1.29 is 19.4 Å². The number of nitrogens with two attached hydrogens (primary N) is 2. The molecule has 4 aliphatic heterocycles. The first-order chi connectivity index (χ1) is 20.0. The number of rotatable bonds is 6. The molecule has 1 saturated heterocycles. The predicted molar refractivity (Wildman–Crippen MR) is 156 cm³/mol. The number of fused-ring (bicyclic) bond motifs is 1. The molecule has 1 aromatic heterocycles. The van der Waals surface area contributed by atoms with Crippen molar-refractivity contribution in [2.75, 3.05) is 19.7 Å². The van der Waals surface area contributed by atoms with Crippen LogP contribution in [0.3, 0.4) is 0 Å². The molecular formula is C29H37N9O4. The number of aryl methyl sites for hydroxylation is 1. The zero-order chi connectivity index (χ0) is 29.8. The number of benzene rings is 1. The fourth-order valence-corrected chi connectivity index (χ4v) is 6.45. The maximum Gasteiger partial charge on any atom is 0.269 e.